The number of fused-ring (bicyclic) bond motifs is 2. The van der Waals surface area contributed by atoms with E-state index in [4.69, 9.17) is 4.74 Å². The zero-order chi connectivity index (χ0) is 24.4. The van der Waals surface area contributed by atoms with E-state index in [1.807, 2.05) is 18.2 Å². The van der Waals surface area contributed by atoms with E-state index in [1.54, 1.807) is 17.0 Å². The Balaban J connectivity index is 1.29. The van der Waals surface area contributed by atoms with E-state index in [0.29, 0.717) is 31.3 Å². The Hall–Kier alpha value is -3.10. The van der Waals surface area contributed by atoms with Gasteiger partial charge < -0.3 is 20.1 Å². The lowest BCUT2D eigenvalue weighted by molar-refractivity contribution is 0.0748. The highest BCUT2D eigenvalue weighted by Crippen LogP contribution is 2.32. The lowest BCUT2D eigenvalue weighted by Crippen LogP contribution is -2.29. The van der Waals surface area contributed by atoms with Gasteiger partial charge in [-0.3, -0.25) is 14.8 Å². The van der Waals surface area contributed by atoms with Crippen LogP contribution in [0.4, 0.5) is 0 Å². The molecular weight excluding hydrogens is 442 g/mol. The lowest BCUT2D eigenvalue weighted by Gasteiger charge is -2.25. The van der Waals surface area contributed by atoms with Crippen molar-refractivity contribution in [3.05, 3.63) is 52.7 Å². The standard InChI is InChI=1S/C27H35N5O3/c1-18(2)28-8-11-35-21-7-6-19-15-32(16-20(19)12-21)27(34)23-13-22-24(14-26(23)33)29-30-25(22)17-31-9-4-3-5-10-31/h6-7,12-14,18,28,33H,3-5,8-11,15-17H2,1-2H3,(H,29,30). The number of hydrogen-bond donors (Lipinski definition) is 3. The average molecular weight is 478 g/mol. The molecular formula is C27H35N5O3. The number of likely N-dealkylation sites (tertiary alicyclic amines) is 1. The van der Waals surface area contributed by atoms with E-state index in [2.05, 4.69) is 34.3 Å². The smallest absolute Gasteiger partial charge is 0.258 e. The van der Waals surface area contributed by atoms with E-state index < -0.39 is 0 Å². The van der Waals surface area contributed by atoms with Crippen LogP contribution in [-0.4, -0.2) is 63.3 Å². The van der Waals surface area contributed by atoms with Gasteiger partial charge in [-0.1, -0.05) is 26.3 Å². The molecule has 2 aliphatic heterocycles. The fourth-order valence-corrected chi connectivity index (χ4v) is 5.02. The number of amides is 1. The maximum Gasteiger partial charge on any atom is 0.258 e. The third-order valence-corrected chi connectivity index (χ3v) is 6.92. The summed E-state index contributed by atoms with van der Waals surface area (Å²) in [6.45, 7) is 9.52. The van der Waals surface area contributed by atoms with Crippen molar-refractivity contribution < 1.29 is 14.6 Å². The Bertz CT molecular complexity index is 1200. The van der Waals surface area contributed by atoms with Crippen molar-refractivity contribution in [2.24, 2.45) is 0 Å². The number of benzene rings is 2. The van der Waals surface area contributed by atoms with Gasteiger partial charge in [0.15, 0.2) is 0 Å². The molecule has 5 rings (SSSR count). The first-order valence-corrected chi connectivity index (χ1v) is 12.7. The molecule has 0 aliphatic carbocycles. The lowest BCUT2D eigenvalue weighted by atomic mass is 10.1. The largest absolute Gasteiger partial charge is 0.507 e. The number of nitrogens with one attached hydrogen (secondary N) is 2. The van der Waals surface area contributed by atoms with Crippen LogP contribution in [0.1, 0.15) is 60.3 Å². The van der Waals surface area contributed by atoms with Gasteiger partial charge in [-0.2, -0.15) is 5.10 Å². The minimum Gasteiger partial charge on any atom is -0.507 e. The molecule has 3 N–H and O–H groups in total. The summed E-state index contributed by atoms with van der Waals surface area (Å²) in [7, 11) is 0. The van der Waals surface area contributed by atoms with Gasteiger partial charge in [0.05, 0.1) is 16.8 Å². The Labute approximate surface area is 206 Å². The first-order valence-electron chi connectivity index (χ1n) is 12.7. The van der Waals surface area contributed by atoms with Crippen molar-refractivity contribution in [1.82, 2.24) is 25.3 Å². The first kappa shape index (κ1) is 23.6. The molecule has 8 nitrogen and oxygen atoms in total. The van der Waals surface area contributed by atoms with Crippen molar-refractivity contribution in [3.8, 4) is 11.5 Å². The van der Waals surface area contributed by atoms with E-state index >= 15 is 0 Å². The fourth-order valence-electron chi connectivity index (χ4n) is 5.02. The Morgan fingerprint density at radius 2 is 1.94 bits per heavy atom. The van der Waals surface area contributed by atoms with Crippen molar-refractivity contribution in [1.29, 1.82) is 0 Å². The normalized spacial score (nSPS) is 16.3. The molecule has 1 fully saturated rings. The number of aromatic amines is 1. The third kappa shape index (κ3) is 5.28. The van der Waals surface area contributed by atoms with Gasteiger partial charge >= 0.3 is 0 Å². The van der Waals surface area contributed by atoms with Crippen molar-refractivity contribution >= 4 is 16.8 Å². The third-order valence-electron chi connectivity index (χ3n) is 6.92. The Morgan fingerprint density at radius 3 is 2.74 bits per heavy atom. The number of hydrogen-bond acceptors (Lipinski definition) is 6. The zero-order valence-electron chi connectivity index (χ0n) is 20.6. The molecule has 0 saturated carbocycles. The van der Waals surface area contributed by atoms with Gasteiger partial charge in [0.1, 0.15) is 18.1 Å². The monoisotopic (exact) mass is 477 g/mol. The number of rotatable bonds is 8. The van der Waals surface area contributed by atoms with E-state index in [-0.39, 0.29) is 11.7 Å². The minimum atomic E-state index is -0.172. The predicted molar refractivity (Wildman–Crippen MR) is 136 cm³/mol. The molecule has 0 bridgehead atoms. The van der Waals surface area contributed by atoms with Crippen molar-refractivity contribution in [3.63, 3.8) is 0 Å². The van der Waals surface area contributed by atoms with Gasteiger partial charge in [0, 0.05) is 43.7 Å². The summed E-state index contributed by atoms with van der Waals surface area (Å²) in [6, 6.07) is 9.86. The van der Waals surface area contributed by atoms with Crippen LogP contribution >= 0.6 is 0 Å². The maximum atomic E-state index is 13.4. The summed E-state index contributed by atoms with van der Waals surface area (Å²) in [5, 5.41) is 22.4. The van der Waals surface area contributed by atoms with Crippen LogP contribution in [0.25, 0.3) is 10.9 Å². The highest BCUT2D eigenvalue weighted by molar-refractivity contribution is 6.01. The number of phenolic OH excluding ortho intramolecular Hbond substituents is 1. The SMILES string of the molecule is CC(C)NCCOc1ccc2c(c1)CN(C(=O)c1cc3c(CN4CCCCC4)n[nH]c3cc1O)C2. The van der Waals surface area contributed by atoms with Crippen LogP contribution in [0.5, 0.6) is 11.5 Å². The highest BCUT2D eigenvalue weighted by Gasteiger charge is 2.27. The second-order valence-electron chi connectivity index (χ2n) is 9.97. The highest BCUT2D eigenvalue weighted by atomic mass is 16.5. The number of phenols is 1. The van der Waals surface area contributed by atoms with Gasteiger partial charge in [-0.15, -0.1) is 0 Å². The second-order valence-corrected chi connectivity index (χ2v) is 9.97. The fraction of sp³-hybridized carbons (Fsp3) is 0.481. The summed E-state index contributed by atoms with van der Waals surface area (Å²) in [5.41, 5.74) is 4.20. The van der Waals surface area contributed by atoms with Crippen molar-refractivity contribution in [2.75, 3.05) is 26.2 Å². The van der Waals surface area contributed by atoms with Gasteiger partial charge in [0.2, 0.25) is 0 Å². The van der Waals surface area contributed by atoms with Crippen molar-refractivity contribution in [2.45, 2.75) is 58.8 Å². The summed E-state index contributed by atoms with van der Waals surface area (Å²) in [6.07, 6.45) is 3.71. The number of nitrogens with zero attached hydrogens (tertiary/aromatic N) is 3. The molecule has 0 atom stereocenters. The number of piperidine rings is 1. The number of ether oxygens (including phenoxy) is 1. The summed E-state index contributed by atoms with van der Waals surface area (Å²) in [5.74, 6) is 0.622. The average Bonchev–Trinajstić information content (AvgIpc) is 3.45. The molecule has 186 valence electrons. The summed E-state index contributed by atoms with van der Waals surface area (Å²) >= 11 is 0. The summed E-state index contributed by atoms with van der Waals surface area (Å²) in [4.78, 5) is 17.6. The molecule has 1 amide bonds. The maximum absolute atomic E-state index is 13.4. The Morgan fingerprint density at radius 1 is 1.14 bits per heavy atom. The van der Waals surface area contributed by atoms with E-state index in [1.165, 1.54) is 19.3 Å². The molecule has 2 aromatic carbocycles. The molecule has 2 aliphatic rings. The first-order chi connectivity index (χ1) is 17.0. The molecule has 3 aromatic rings. The van der Waals surface area contributed by atoms with Crippen LogP contribution in [0.2, 0.25) is 0 Å². The zero-order valence-corrected chi connectivity index (χ0v) is 20.6. The molecule has 0 unspecified atom stereocenters. The van der Waals surface area contributed by atoms with Gasteiger partial charge in [0.25, 0.3) is 5.91 Å². The van der Waals surface area contributed by atoms with Crippen LogP contribution in [-0.2, 0) is 19.6 Å². The molecule has 3 heterocycles. The van der Waals surface area contributed by atoms with Gasteiger partial charge in [-0.05, 0) is 55.3 Å². The van der Waals surface area contributed by atoms with Gasteiger partial charge in [-0.25, -0.2) is 0 Å². The van der Waals surface area contributed by atoms with Crippen LogP contribution < -0.4 is 10.1 Å². The summed E-state index contributed by atoms with van der Waals surface area (Å²) < 4.78 is 5.88. The number of H-pyrrole nitrogens is 1. The Kier molecular flexibility index (Phi) is 6.92. The molecule has 0 spiro atoms. The molecule has 0 radical (unpaired) electrons. The topological polar surface area (TPSA) is 93.7 Å². The van der Waals surface area contributed by atoms with E-state index in [9.17, 15) is 9.90 Å². The van der Waals surface area contributed by atoms with Crippen LogP contribution in [0.15, 0.2) is 30.3 Å². The quantitative estimate of drug-likeness (QED) is 0.428. The molecule has 1 saturated heterocycles. The predicted octanol–water partition coefficient (Wildman–Crippen LogP) is 3.79. The number of aromatic hydroxyl groups is 1. The van der Waals surface area contributed by atoms with Crippen LogP contribution in [0, 0.1) is 0 Å². The number of aromatic nitrogens is 2. The van der Waals surface area contributed by atoms with E-state index in [0.717, 1.165) is 59.7 Å². The molecule has 35 heavy (non-hydrogen) atoms. The second kappa shape index (κ2) is 10.3. The number of carbonyl (C=O) groups is 1. The molecule has 1 aromatic heterocycles. The molecule has 8 heteroatoms. The van der Waals surface area contributed by atoms with Crippen LogP contribution in [0.3, 0.4) is 0 Å². The number of carbonyl (C=O) groups excluding carboxylic acids is 1. The minimum absolute atomic E-state index is 0.0201.